The lowest BCUT2D eigenvalue weighted by Crippen LogP contribution is -2.46. The van der Waals surface area contributed by atoms with Gasteiger partial charge in [0.25, 0.3) is 0 Å². The number of methoxy groups -OCH3 is 1. The Morgan fingerprint density at radius 1 is 1.18 bits per heavy atom. The average Bonchev–Trinajstić information content (AvgIpc) is 3.18. The van der Waals surface area contributed by atoms with E-state index in [0.717, 1.165) is 68.9 Å². The third kappa shape index (κ3) is 5.61. The largest absolute Gasteiger partial charge is 0.383 e. The van der Waals surface area contributed by atoms with Crippen LogP contribution in [0, 0.1) is 18.7 Å². The molecule has 1 saturated heterocycles. The van der Waals surface area contributed by atoms with Crippen LogP contribution in [0.5, 0.6) is 0 Å². The van der Waals surface area contributed by atoms with Crippen LogP contribution < -0.4 is 4.90 Å². The number of carbonyl (C=O) groups excluding carboxylic acids is 1. The zero-order valence-electron chi connectivity index (χ0n) is 20.8. The van der Waals surface area contributed by atoms with E-state index in [2.05, 4.69) is 16.8 Å². The molecule has 1 aromatic carbocycles. The topological polar surface area (TPSA) is 53.8 Å². The summed E-state index contributed by atoms with van der Waals surface area (Å²) in [7, 11) is 3.80. The Balaban J connectivity index is 1.70. The maximum atomic E-state index is 14.1. The van der Waals surface area contributed by atoms with Crippen LogP contribution in [0.25, 0.3) is 5.69 Å². The van der Waals surface area contributed by atoms with Crippen molar-refractivity contribution in [2.24, 2.45) is 5.92 Å². The molecule has 1 aliphatic heterocycles. The number of aryl methyl sites for hydroxylation is 1. The van der Waals surface area contributed by atoms with E-state index in [1.54, 1.807) is 13.2 Å². The van der Waals surface area contributed by atoms with E-state index in [-0.39, 0.29) is 17.6 Å². The molecule has 1 aromatic heterocycles. The number of rotatable bonds is 8. The smallest absolute Gasteiger partial charge is 0.226 e. The summed E-state index contributed by atoms with van der Waals surface area (Å²) in [5.74, 6) is 0.996. The zero-order chi connectivity index (χ0) is 24.1. The fourth-order valence-electron chi connectivity index (χ4n) is 5.13. The molecule has 8 heteroatoms. The normalized spacial score (nSPS) is 17.8. The maximum absolute atomic E-state index is 14.1. The molecular formula is C26H38FN5O2. The number of hydrogen-bond acceptors (Lipinski definition) is 5. The number of benzene rings is 1. The van der Waals surface area contributed by atoms with Crippen LogP contribution in [0.2, 0.25) is 0 Å². The van der Waals surface area contributed by atoms with Gasteiger partial charge in [-0.25, -0.2) is 9.07 Å². The van der Waals surface area contributed by atoms with Gasteiger partial charge in [0.05, 0.1) is 24.5 Å². The van der Waals surface area contributed by atoms with Crippen molar-refractivity contribution < 1.29 is 13.9 Å². The van der Waals surface area contributed by atoms with Crippen LogP contribution in [0.3, 0.4) is 0 Å². The summed E-state index contributed by atoms with van der Waals surface area (Å²) in [6.45, 7) is 7.14. The molecule has 2 aliphatic rings. The van der Waals surface area contributed by atoms with Crippen molar-refractivity contribution in [2.75, 3.05) is 58.4 Å². The highest BCUT2D eigenvalue weighted by atomic mass is 19.1. The van der Waals surface area contributed by atoms with Crippen LogP contribution in [0.4, 0.5) is 10.2 Å². The summed E-state index contributed by atoms with van der Waals surface area (Å²) in [5.41, 5.74) is 2.61. The van der Waals surface area contributed by atoms with Crippen molar-refractivity contribution in [1.29, 1.82) is 0 Å². The van der Waals surface area contributed by atoms with Gasteiger partial charge in [-0.15, -0.1) is 0 Å². The van der Waals surface area contributed by atoms with Gasteiger partial charge < -0.3 is 19.4 Å². The van der Waals surface area contributed by atoms with Crippen molar-refractivity contribution in [3.8, 4) is 5.69 Å². The van der Waals surface area contributed by atoms with Gasteiger partial charge in [0.15, 0.2) is 0 Å². The number of nitrogens with zero attached hydrogens (tertiary/aromatic N) is 5. The molecule has 0 N–H and O–H groups in total. The first-order valence-corrected chi connectivity index (χ1v) is 12.5. The summed E-state index contributed by atoms with van der Waals surface area (Å²) in [4.78, 5) is 20.1. The lowest BCUT2D eigenvalue weighted by molar-refractivity contribution is -0.137. The molecule has 2 aromatic rings. The second-order valence-corrected chi connectivity index (χ2v) is 9.66. The SMILES string of the molecule is COCCN(Cc1c(C)nn(-c2cccc(F)c2)c1N1CCN(C)CC1)C(=O)C1CCCCC1. The van der Waals surface area contributed by atoms with Crippen molar-refractivity contribution in [3.05, 3.63) is 41.3 Å². The summed E-state index contributed by atoms with van der Waals surface area (Å²) < 4.78 is 21.3. The molecule has 1 saturated carbocycles. The monoisotopic (exact) mass is 471 g/mol. The van der Waals surface area contributed by atoms with Crippen molar-refractivity contribution >= 4 is 11.7 Å². The molecule has 0 spiro atoms. The molecule has 7 nitrogen and oxygen atoms in total. The number of anilines is 1. The van der Waals surface area contributed by atoms with E-state index < -0.39 is 0 Å². The van der Waals surface area contributed by atoms with Crippen LogP contribution in [0.1, 0.15) is 43.4 Å². The van der Waals surface area contributed by atoms with Gasteiger partial charge in [0.1, 0.15) is 11.6 Å². The Labute approximate surface area is 202 Å². The second-order valence-electron chi connectivity index (χ2n) is 9.66. The lowest BCUT2D eigenvalue weighted by atomic mass is 9.88. The first kappa shape index (κ1) is 24.7. The molecule has 186 valence electrons. The van der Waals surface area contributed by atoms with Crippen LogP contribution in [-0.4, -0.2) is 79.0 Å². The molecule has 4 rings (SSSR count). The molecule has 1 aliphatic carbocycles. The Bertz CT molecular complexity index is 964. The number of ether oxygens (including phenoxy) is 1. The van der Waals surface area contributed by atoms with Crippen molar-refractivity contribution in [1.82, 2.24) is 19.6 Å². The average molecular weight is 472 g/mol. The molecule has 2 heterocycles. The molecule has 0 bridgehead atoms. The predicted octanol–water partition coefficient (Wildman–Crippen LogP) is 3.63. The molecule has 0 unspecified atom stereocenters. The van der Waals surface area contributed by atoms with E-state index in [9.17, 15) is 9.18 Å². The Morgan fingerprint density at radius 2 is 1.91 bits per heavy atom. The van der Waals surface area contributed by atoms with Gasteiger partial charge in [-0.3, -0.25) is 4.79 Å². The zero-order valence-corrected chi connectivity index (χ0v) is 20.8. The first-order chi connectivity index (χ1) is 16.5. The number of amides is 1. The van der Waals surface area contributed by atoms with Gasteiger partial charge in [0.2, 0.25) is 5.91 Å². The van der Waals surface area contributed by atoms with E-state index in [4.69, 9.17) is 9.84 Å². The minimum Gasteiger partial charge on any atom is -0.383 e. The predicted molar refractivity (Wildman–Crippen MR) is 132 cm³/mol. The van der Waals surface area contributed by atoms with Gasteiger partial charge in [-0.1, -0.05) is 25.3 Å². The fourth-order valence-corrected chi connectivity index (χ4v) is 5.13. The minimum atomic E-state index is -0.286. The highest BCUT2D eigenvalue weighted by Crippen LogP contribution is 2.31. The van der Waals surface area contributed by atoms with Crippen molar-refractivity contribution in [2.45, 2.75) is 45.6 Å². The number of halogens is 1. The van der Waals surface area contributed by atoms with Gasteiger partial charge in [0, 0.05) is 51.3 Å². The quantitative estimate of drug-likeness (QED) is 0.589. The Hall–Kier alpha value is -2.45. The van der Waals surface area contributed by atoms with Crippen LogP contribution in [-0.2, 0) is 16.1 Å². The molecule has 0 atom stereocenters. The van der Waals surface area contributed by atoms with E-state index in [1.807, 2.05) is 22.6 Å². The summed E-state index contributed by atoms with van der Waals surface area (Å²) in [6, 6.07) is 6.57. The van der Waals surface area contributed by atoms with Gasteiger partial charge in [-0.2, -0.15) is 5.10 Å². The molecule has 1 amide bonds. The van der Waals surface area contributed by atoms with Crippen LogP contribution in [0.15, 0.2) is 24.3 Å². The van der Waals surface area contributed by atoms with E-state index in [0.29, 0.717) is 25.4 Å². The van der Waals surface area contributed by atoms with Crippen molar-refractivity contribution in [3.63, 3.8) is 0 Å². The maximum Gasteiger partial charge on any atom is 0.226 e. The third-order valence-corrected chi connectivity index (χ3v) is 7.19. The number of hydrogen-bond donors (Lipinski definition) is 0. The third-order valence-electron chi connectivity index (χ3n) is 7.19. The summed E-state index contributed by atoms with van der Waals surface area (Å²) >= 11 is 0. The van der Waals surface area contributed by atoms with E-state index in [1.165, 1.54) is 18.6 Å². The molecule has 34 heavy (non-hydrogen) atoms. The standard InChI is InChI=1S/C26H38FN5O2/c1-20-24(19-31(16-17-34-3)26(33)21-8-5-4-6-9-21)25(30-14-12-29(2)13-15-30)32(28-20)23-11-7-10-22(27)18-23/h7,10-11,18,21H,4-6,8-9,12-17,19H2,1-3H3. The van der Waals surface area contributed by atoms with Gasteiger partial charge in [-0.05, 0) is 45.0 Å². The highest BCUT2D eigenvalue weighted by molar-refractivity contribution is 5.79. The Kier molecular flexibility index (Phi) is 8.21. The highest BCUT2D eigenvalue weighted by Gasteiger charge is 2.30. The molecule has 2 fully saturated rings. The number of aromatic nitrogens is 2. The first-order valence-electron chi connectivity index (χ1n) is 12.5. The molecular weight excluding hydrogens is 433 g/mol. The number of piperazine rings is 1. The summed E-state index contributed by atoms with van der Waals surface area (Å²) in [5, 5.41) is 4.85. The lowest BCUT2D eigenvalue weighted by Gasteiger charge is -2.35. The van der Waals surface area contributed by atoms with Gasteiger partial charge >= 0.3 is 0 Å². The minimum absolute atomic E-state index is 0.0938. The Morgan fingerprint density at radius 3 is 2.59 bits per heavy atom. The summed E-state index contributed by atoms with van der Waals surface area (Å²) in [6.07, 6.45) is 5.40. The molecule has 0 radical (unpaired) electrons. The fraction of sp³-hybridized carbons (Fsp3) is 0.615. The second kappa shape index (κ2) is 11.3. The number of likely N-dealkylation sites (N-methyl/N-ethyl adjacent to an activating group) is 1. The van der Waals surface area contributed by atoms with E-state index >= 15 is 0 Å². The number of carbonyl (C=O) groups is 1. The van der Waals surface area contributed by atoms with Crippen LogP contribution >= 0.6 is 0 Å².